The van der Waals surface area contributed by atoms with E-state index in [1.807, 2.05) is 24.3 Å². The van der Waals surface area contributed by atoms with Gasteiger partial charge in [-0.3, -0.25) is 0 Å². The lowest BCUT2D eigenvalue weighted by Crippen LogP contribution is -2.27. The van der Waals surface area contributed by atoms with Crippen LogP contribution in [-0.2, 0) is 0 Å². The molecule has 0 radical (unpaired) electrons. The van der Waals surface area contributed by atoms with Crippen molar-refractivity contribution < 1.29 is 9.53 Å². The van der Waals surface area contributed by atoms with Gasteiger partial charge in [0.05, 0.1) is 11.0 Å². The number of para-hydroxylation sites is 2. The molecular weight excluding hydrogens is 218 g/mol. The molecule has 0 aliphatic rings. The van der Waals surface area contributed by atoms with E-state index in [1.165, 1.54) is 0 Å². The fourth-order valence-corrected chi connectivity index (χ4v) is 1.47. The summed E-state index contributed by atoms with van der Waals surface area (Å²) in [5.74, 6) is 0. The van der Waals surface area contributed by atoms with Crippen LogP contribution in [0, 0.1) is 0 Å². The molecule has 2 rings (SSSR count). The first kappa shape index (κ1) is 11.4. The van der Waals surface area contributed by atoms with Crippen LogP contribution in [-0.4, -0.2) is 22.6 Å². The Morgan fingerprint density at radius 1 is 1.47 bits per heavy atom. The zero-order valence-corrected chi connectivity index (χ0v) is 9.69. The number of unbranched alkanes of at least 4 members (excludes halogenated alkanes) is 1. The lowest BCUT2D eigenvalue weighted by molar-refractivity contribution is 0.197. The van der Waals surface area contributed by atoms with Crippen LogP contribution in [0.4, 0.5) is 4.79 Å². The first-order chi connectivity index (χ1) is 8.29. The van der Waals surface area contributed by atoms with Crippen LogP contribution in [0.25, 0.3) is 11.0 Å². The highest BCUT2D eigenvalue weighted by Crippen LogP contribution is 2.14. The summed E-state index contributed by atoms with van der Waals surface area (Å²) in [7, 11) is 0. The van der Waals surface area contributed by atoms with Crippen molar-refractivity contribution in [3.05, 3.63) is 24.3 Å². The lowest BCUT2D eigenvalue weighted by Gasteiger charge is -2.02. The number of aromatic nitrogens is 2. The zero-order valence-electron chi connectivity index (χ0n) is 9.69. The lowest BCUT2D eigenvalue weighted by atomic mass is 10.3. The topological polar surface area (TPSA) is 67.0 Å². The molecule has 0 saturated heterocycles. The molecule has 0 atom stereocenters. The number of aromatic amines is 1. The van der Waals surface area contributed by atoms with Gasteiger partial charge >= 0.3 is 12.1 Å². The van der Waals surface area contributed by atoms with Crippen molar-refractivity contribution in [2.75, 3.05) is 6.54 Å². The molecule has 1 aromatic heterocycles. The van der Waals surface area contributed by atoms with Gasteiger partial charge in [-0.25, -0.2) is 4.79 Å². The minimum atomic E-state index is -0.475. The maximum absolute atomic E-state index is 11.4. The Kier molecular flexibility index (Phi) is 3.59. The van der Waals surface area contributed by atoms with Gasteiger partial charge in [-0.15, -0.1) is 0 Å². The maximum Gasteiger partial charge on any atom is 0.415 e. The number of nitrogens with zero attached hydrogens (tertiary/aromatic N) is 1. The Labute approximate surface area is 99.2 Å². The van der Waals surface area contributed by atoms with Gasteiger partial charge < -0.3 is 15.0 Å². The number of ether oxygens (including phenoxy) is 1. The second kappa shape index (κ2) is 5.34. The first-order valence-electron chi connectivity index (χ1n) is 5.70. The van der Waals surface area contributed by atoms with Gasteiger partial charge in [0.2, 0.25) is 0 Å². The predicted octanol–water partition coefficient (Wildman–Crippen LogP) is 2.45. The van der Waals surface area contributed by atoms with Gasteiger partial charge in [-0.2, -0.15) is 4.98 Å². The van der Waals surface area contributed by atoms with E-state index in [9.17, 15) is 4.79 Å². The van der Waals surface area contributed by atoms with Gasteiger partial charge in [0.15, 0.2) is 0 Å². The molecule has 1 amide bonds. The molecule has 5 heteroatoms. The number of rotatable bonds is 4. The molecule has 2 N–H and O–H groups in total. The van der Waals surface area contributed by atoms with Gasteiger partial charge in [-0.1, -0.05) is 25.5 Å². The molecular formula is C12H15N3O2. The summed E-state index contributed by atoms with van der Waals surface area (Å²) in [6.45, 7) is 2.68. The zero-order chi connectivity index (χ0) is 12.1. The van der Waals surface area contributed by atoms with Crippen molar-refractivity contribution in [1.82, 2.24) is 15.3 Å². The summed E-state index contributed by atoms with van der Waals surface area (Å²) in [4.78, 5) is 18.4. The minimum Gasteiger partial charge on any atom is -0.375 e. The van der Waals surface area contributed by atoms with Crippen molar-refractivity contribution in [1.29, 1.82) is 0 Å². The summed E-state index contributed by atoms with van der Waals surface area (Å²) in [6, 6.07) is 7.73. The van der Waals surface area contributed by atoms with E-state index in [0.29, 0.717) is 6.54 Å². The van der Waals surface area contributed by atoms with E-state index in [2.05, 4.69) is 22.2 Å². The Hall–Kier alpha value is -2.04. The third kappa shape index (κ3) is 2.96. The standard InChI is InChI=1S/C12H15N3O2/c1-2-3-8-13-12(16)17-11-14-9-6-4-5-7-10(9)15-11/h4-7H,2-3,8H2,1H3,(H,13,16)(H,14,15). The molecule has 0 unspecified atom stereocenters. The quantitative estimate of drug-likeness (QED) is 0.797. The number of hydrogen-bond acceptors (Lipinski definition) is 3. The molecule has 0 saturated carbocycles. The van der Waals surface area contributed by atoms with Gasteiger partial charge in [0.25, 0.3) is 0 Å². The van der Waals surface area contributed by atoms with Crippen molar-refractivity contribution >= 4 is 17.1 Å². The fraction of sp³-hybridized carbons (Fsp3) is 0.333. The van der Waals surface area contributed by atoms with Crippen LogP contribution in [0.15, 0.2) is 24.3 Å². The van der Waals surface area contributed by atoms with Crippen molar-refractivity contribution in [2.24, 2.45) is 0 Å². The second-order valence-corrected chi connectivity index (χ2v) is 3.73. The number of carbonyl (C=O) groups is 1. The molecule has 17 heavy (non-hydrogen) atoms. The average Bonchev–Trinajstić information content (AvgIpc) is 2.71. The van der Waals surface area contributed by atoms with E-state index in [0.717, 1.165) is 23.9 Å². The summed E-state index contributed by atoms with van der Waals surface area (Å²) in [5, 5.41) is 2.66. The second-order valence-electron chi connectivity index (χ2n) is 3.73. The first-order valence-corrected chi connectivity index (χ1v) is 5.70. The molecule has 0 bridgehead atoms. The number of hydrogen-bond donors (Lipinski definition) is 2. The van der Waals surface area contributed by atoms with E-state index in [4.69, 9.17) is 4.74 Å². The van der Waals surface area contributed by atoms with Crippen molar-refractivity contribution in [2.45, 2.75) is 19.8 Å². The van der Waals surface area contributed by atoms with E-state index in [-0.39, 0.29) is 6.01 Å². The molecule has 2 aromatic rings. The third-order valence-electron chi connectivity index (χ3n) is 2.36. The summed E-state index contributed by atoms with van der Waals surface area (Å²) < 4.78 is 5.03. The Balaban J connectivity index is 1.96. The number of amides is 1. The summed E-state index contributed by atoms with van der Waals surface area (Å²) in [5.41, 5.74) is 1.63. The summed E-state index contributed by atoms with van der Waals surface area (Å²) in [6.07, 6.45) is 1.50. The average molecular weight is 233 g/mol. The van der Waals surface area contributed by atoms with Crippen LogP contribution in [0.1, 0.15) is 19.8 Å². The van der Waals surface area contributed by atoms with Crippen LogP contribution in [0.5, 0.6) is 6.01 Å². The monoisotopic (exact) mass is 233 g/mol. The smallest absolute Gasteiger partial charge is 0.375 e. The van der Waals surface area contributed by atoms with Crippen LogP contribution in [0.2, 0.25) is 0 Å². The van der Waals surface area contributed by atoms with Gasteiger partial charge in [-0.05, 0) is 18.6 Å². The molecule has 0 aliphatic heterocycles. The van der Waals surface area contributed by atoms with Crippen LogP contribution in [0.3, 0.4) is 0 Å². The van der Waals surface area contributed by atoms with Crippen LogP contribution < -0.4 is 10.1 Å². The fourth-order valence-electron chi connectivity index (χ4n) is 1.47. The Bertz CT molecular complexity index is 474. The molecule has 90 valence electrons. The van der Waals surface area contributed by atoms with Crippen molar-refractivity contribution in [3.8, 4) is 6.01 Å². The number of H-pyrrole nitrogens is 1. The summed E-state index contributed by atoms with van der Waals surface area (Å²) >= 11 is 0. The Morgan fingerprint density at radius 2 is 2.29 bits per heavy atom. The normalized spacial score (nSPS) is 10.4. The maximum atomic E-state index is 11.4. The SMILES string of the molecule is CCCCNC(=O)Oc1nc2ccccc2[nH]1. The number of imidazole rings is 1. The molecule has 1 aromatic carbocycles. The number of nitrogens with one attached hydrogen (secondary N) is 2. The molecule has 0 fully saturated rings. The number of fused-ring (bicyclic) bond motifs is 1. The minimum absolute atomic E-state index is 0.222. The number of carbonyl (C=O) groups excluding carboxylic acids is 1. The molecule has 0 aliphatic carbocycles. The van der Waals surface area contributed by atoms with Crippen LogP contribution >= 0.6 is 0 Å². The molecule has 5 nitrogen and oxygen atoms in total. The number of benzene rings is 1. The van der Waals surface area contributed by atoms with E-state index >= 15 is 0 Å². The van der Waals surface area contributed by atoms with Gasteiger partial charge in [0.1, 0.15) is 0 Å². The van der Waals surface area contributed by atoms with E-state index in [1.54, 1.807) is 0 Å². The molecule has 0 spiro atoms. The largest absolute Gasteiger partial charge is 0.415 e. The third-order valence-corrected chi connectivity index (χ3v) is 2.36. The van der Waals surface area contributed by atoms with Gasteiger partial charge in [0, 0.05) is 6.54 Å². The highest BCUT2D eigenvalue weighted by atomic mass is 16.6. The Morgan fingerprint density at radius 3 is 3.06 bits per heavy atom. The highest BCUT2D eigenvalue weighted by molar-refractivity contribution is 5.77. The molecule has 1 heterocycles. The van der Waals surface area contributed by atoms with Crippen molar-refractivity contribution in [3.63, 3.8) is 0 Å². The predicted molar refractivity (Wildman–Crippen MR) is 65.0 cm³/mol. The highest BCUT2D eigenvalue weighted by Gasteiger charge is 2.07. The van der Waals surface area contributed by atoms with E-state index < -0.39 is 6.09 Å².